The van der Waals surface area contributed by atoms with Crippen molar-refractivity contribution in [3.05, 3.63) is 48.5 Å². The topological polar surface area (TPSA) is 133 Å². The van der Waals surface area contributed by atoms with Gasteiger partial charge >= 0.3 is 0 Å². The van der Waals surface area contributed by atoms with Gasteiger partial charge in [-0.15, -0.1) is 0 Å². The van der Waals surface area contributed by atoms with Crippen LogP contribution in [-0.2, 0) is 29.6 Å². The maximum atomic E-state index is 13.1. The van der Waals surface area contributed by atoms with Gasteiger partial charge in [0.15, 0.2) is 0 Å². The number of benzene rings is 2. The van der Waals surface area contributed by atoms with Gasteiger partial charge in [0, 0.05) is 50.9 Å². The Kier molecular flexibility index (Phi) is 7.22. The van der Waals surface area contributed by atoms with Crippen molar-refractivity contribution >= 4 is 43.2 Å². The number of piperazine rings is 1. The lowest BCUT2D eigenvalue weighted by molar-refractivity contribution is -0.115. The molecule has 2 amide bonds. The highest BCUT2D eigenvalue weighted by Crippen LogP contribution is 2.26. The number of anilines is 2. The maximum Gasteiger partial charge on any atom is 0.243 e. The Morgan fingerprint density at radius 2 is 1.18 bits per heavy atom. The predicted octanol–water partition coefficient (Wildman–Crippen LogP) is 1.69. The largest absolute Gasteiger partial charge is 0.326 e. The monoisotopic (exact) mass is 494 g/mol. The third-order valence-electron chi connectivity index (χ3n) is 5.12. The molecule has 1 unspecified atom stereocenters. The van der Waals surface area contributed by atoms with Crippen LogP contribution in [0.1, 0.15) is 20.8 Å². The van der Waals surface area contributed by atoms with E-state index in [4.69, 9.17) is 0 Å². The van der Waals surface area contributed by atoms with E-state index in [1.807, 2.05) is 0 Å². The molecule has 2 N–H and O–H groups in total. The summed E-state index contributed by atoms with van der Waals surface area (Å²) in [6.45, 7) is 4.38. The van der Waals surface area contributed by atoms with Crippen LogP contribution in [0.2, 0.25) is 0 Å². The minimum atomic E-state index is -3.85. The molecule has 1 fully saturated rings. The lowest BCUT2D eigenvalue weighted by atomic mass is 10.3. The van der Waals surface area contributed by atoms with E-state index in [0.717, 1.165) is 0 Å². The van der Waals surface area contributed by atoms with E-state index in [9.17, 15) is 26.4 Å². The van der Waals surface area contributed by atoms with Gasteiger partial charge in [0.2, 0.25) is 31.9 Å². The molecular weight excluding hydrogens is 468 g/mol. The van der Waals surface area contributed by atoms with Gasteiger partial charge in [-0.25, -0.2) is 16.8 Å². The normalized spacial score (nSPS) is 18.0. The van der Waals surface area contributed by atoms with Crippen LogP contribution in [0.15, 0.2) is 58.3 Å². The predicted molar refractivity (Wildman–Crippen MR) is 124 cm³/mol. The molecule has 33 heavy (non-hydrogen) atoms. The van der Waals surface area contributed by atoms with Crippen molar-refractivity contribution in [2.45, 2.75) is 36.6 Å². The second kappa shape index (κ2) is 9.59. The summed E-state index contributed by atoms with van der Waals surface area (Å²) in [5, 5.41) is 5.16. The summed E-state index contributed by atoms with van der Waals surface area (Å²) in [5.74, 6) is -0.525. The van der Waals surface area contributed by atoms with Crippen molar-refractivity contribution < 1.29 is 26.4 Å². The number of rotatable bonds is 6. The Labute approximate surface area is 193 Å². The van der Waals surface area contributed by atoms with Gasteiger partial charge < -0.3 is 10.6 Å². The molecule has 2 aromatic rings. The molecule has 2 aromatic carbocycles. The summed E-state index contributed by atoms with van der Waals surface area (Å²) >= 11 is 0. The second-order valence-corrected chi connectivity index (χ2v) is 11.6. The average molecular weight is 495 g/mol. The first-order chi connectivity index (χ1) is 15.4. The molecule has 178 valence electrons. The van der Waals surface area contributed by atoms with Gasteiger partial charge in [0.25, 0.3) is 0 Å². The molecule has 10 nitrogen and oxygen atoms in total. The third-order valence-corrected chi connectivity index (χ3v) is 9.03. The highest BCUT2D eigenvalue weighted by molar-refractivity contribution is 7.89. The molecule has 0 aromatic heterocycles. The molecule has 0 bridgehead atoms. The maximum absolute atomic E-state index is 13.1. The van der Waals surface area contributed by atoms with Crippen LogP contribution in [0, 0.1) is 0 Å². The fourth-order valence-electron chi connectivity index (χ4n) is 3.59. The Morgan fingerprint density at radius 1 is 0.758 bits per heavy atom. The summed E-state index contributed by atoms with van der Waals surface area (Å²) in [6.07, 6.45) is 0. The number of nitrogens with one attached hydrogen (secondary N) is 2. The van der Waals surface area contributed by atoms with E-state index >= 15 is 0 Å². The van der Waals surface area contributed by atoms with Crippen LogP contribution >= 0.6 is 0 Å². The summed E-state index contributed by atoms with van der Waals surface area (Å²) < 4.78 is 54.9. The second-order valence-electron chi connectivity index (χ2n) is 7.74. The number of hydrogen-bond acceptors (Lipinski definition) is 6. The standard InChI is InChI=1S/C21H26N4O6S2/c1-15-14-24(32(28,29)20-8-4-18(5-9-20)22-16(2)26)12-13-25(15)33(30,31)21-10-6-19(7-11-21)23-17(3)27/h4-11,15H,12-14H2,1-3H3,(H,22,26)(H,23,27). The van der Waals surface area contributed by atoms with E-state index in [0.29, 0.717) is 11.4 Å². The highest BCUT2D eigenvalue weighted by Gasteiger charge is 2.38. The molecule has 0 radical (unpaired) electrons. The van der Waals surface area contributed by atoms with Crippen molar-refractivity contribution in [3.8, 4) is 0 Å². The molecule has 1 aliphatic heterocycles. The fourth-order valence-corrected chi connectivity index (χ4v) is 6.72. The quantitative estimate of drug-likeness (QED) is 0.628. The lowest BCUT2D eigenvalue weighted by Gasteiger charge is -2.38. The molecule has 0 aliphatic carbocycles. The van der Waals surface area contributed by atoms with E-state index in [-0.39, 0.29) is 41.2 Å². The van der Waals surface area contributed by atoms with Crippen molar-refractivity contribution in [1.82, 2.24) is 8.61 Å². The van der Waals surface area contributed by atoms with Gasteiger partial charge in [-0.2, -0.15) is 8.61 Å². The molecule has 1 aliphatic rings. The minimum absolute atomic E-state index is 0.000152. The lowest BCUT2D eigenvalue weighted by Crippen LogP contribution is -2.55. The summed E-state index contributed by atoms with van der Waals surface area (Å²) in [6, 6.07) is 11.1. The Balaban J connectivity index is 1.74. The van der Waals surface area contributed by atoms with Crippen LogP contribution in [0.3, 0.4) is 0 Å². The van der Waals surface area contributed by atoms with Crippen molar-refractivity contribution in [2.75, 3.05) is 30.3 Å². The molecule has 0 spiro atoms. The zero-order valence-corrected chi connectivity index (χ0v) is 20.1. The van der Waals surface area contributed by atoms with E-state index in [1.165, 1.54) is 71.0 Å². The Bertz CT molecular complexity index is 1240. The van der Waals surface area contributed by atoms with Gasteiger partial charge in [0.05, 0.1) is 9.79 Å². The number of hydrogen-bond donors (Lipinski definition) is 2. The summed E-state index contributed by atoms with van der Waals surface area (Å²) in [7, 11) is -7.68. The molecule has 0 saturated carbocycles. The van der Waals surface area contributed by atoms with Gasteiger partial charge in [0.1, 0.15) is 0 Å². The van der Waals surface area contributed by atoms with Gasteiger partial charge in [-0.3, -0.25) is 9.59 Å². The van der Waals surface area contributed by atoms with Gasteiger partial charge in [-0.05, 0) is 55.5 Å². The molecule has 3 rings (SSSR count). The first kappa shape index (κ1) is 24.8. The van der Waals surface area contributed by atoms with Crippen molar-refractivity contribution in [1.29, 1.82) is 0 Å². The third kappa shape index (κ3) is 5.58. The molecule has 1 atom stereocenters. The van der Waals surface area contributed by atoms with E-state index in [1.54, 1.807) is 6.92 Å². The Morgan fingerprint density at radius 3 is 1.58 bits per heavy atom. The molecular formula is C21H26N4O6S2. The number of sulfonamides is 2. The van der Waals surface area contributed by atoms with Crippen LogP contribution < -0.4 is 10.6 Å². The minimum Gasteiger partial charge on any atom is -0.326 e. The van der Waals surface area contributed by atoms with Crippen LogP contribution in [0.25, 0.3) is 0 Å². The fraction of sp³-hybridized carbons (Fsp3) is 0.333. The van der Waals surface area contributed by atoms with Crippen molar-refractivity contribution in [2.24, 2.45) is 0 Å². The van der Waals surface area contributed by atoms with E-state index < -0.39 is 26.1 Å². The number of carbonyl (C=O) groups is 2. The molecule has 1 saturated heterocycles. The van der Waals surface area contributed by atoms with Crippen LogP contribution in [0.5, 0.6) is 0 Å². The van der Waals surface area contributed by atoms with Crippen molar-refractivity contribution in [3.63, 3.8) is 0 Å². The number of carbonyl (C=O) groups excluding carboxylic acids is 2. The van der Waals surface area contributed by atoms with Crippen LogP contribution in [-0.4, -0.2) is 62.9 Å². The van der Waals surface area contributed by atoms with Gasteiger partial charge in [-0.1, -0.05) is 0 Å². The van der Waals surface area contributed by atoms with E-state index in [2.05, 4.69) is 10.6 Å². The smallest absolute Gasteiger partial charge is 0.243 e. The average Bonchev–Trinajstić information content (AvgIpc) is 2.73. The van der Waals surface area contributed by atoms with Crippen LogP contribution in [0.4, 0.5) is 11.4 Å². The highest BCUT2D eigenvalue weighted by atomic mass is 32.2. The molecule has 12 heteroatoms. The first-order valence-corrected chi connectivity index (χ1v) is 13.1. The molecule has 1 heterocycles. The zero-order valence-electron chi connectivity index (χ0n) is 18.5. The summed E-state index contributed by atoms with van der Waals surface area (Å²) in [5.41, 5.74) is 0.963. The Hall–Kier alpha value is -2.80. The SMILES string of the molecule is CC(=O)Nc1ccc(S(=O)(=O)N2CCN(S(=O)(=O)c3ccc(NC(C)=O)cc3)C(C)C2)cc1. The first-order valence-electron chi connectivity index (χ1n) is 10.2. The number of nitrogens with zero attached hydrogens (tertiary/aromatic N) is 2. The summed E-state index contributed by atoms with van der Waals surface area (Å²) in [4.78, 5) is 22.4. The number of amides is 2. The zero-order chi connectivity index (χ0) is 24.4.